The molecule has 1 unspecified atom stereocenters. The molecular weight excluding hydrogens is 303 g/mol. The van der Waals surface area contributed by atoms with Gasteiger partial charge in [0, 0.05) is 23.1 Å². The molecule has 5 heteroatoms. The molecule has 1 aliphatic rings. The summed E-state index contributed by atoms with van der Waals surface area (Å²) in [6.07, 6.45) is 2.69. The summed E-state index contributed by atoms with van der Waals surface area (Å²) >= 11 is 0. The highest BCUT2D eigenvalue weighted by Crippen LogP contribution is 2.33. The van der Waals surface area contributed by atoms with E-state index in [1.165, 1.54) is 11.6 Å². The molecule has 0 saturated carbocycles. The van der Waals surface area contributed by atoms with Crippen LogP contribution in [0.4, 0.5) is 4.39 Å². The van der Waals surface area contributed by atoms with Crippen LogP contribution in [0.25, 0.3) is 21.9 Å². The topological polar surface area (TPSA) is 53.6 Å². The van der Waals surface area contributed by atoms with Crippen LogP contribution in [-0.4, -0.2) is 21.5 Å². The maximum Gasteiger partial charge on any atom is 0.123 e. The molecule has 0 amide bonds. The Morgan fingerprint density at radius 1 is 1.08 bits per heavy atom. The van der Waals surface area contributed by atoms with E-state index in [9.17, 15) is 4.39 Å². The molecule has 1 aliphatic heterocycles. The van der Waals surface area contributed by atoms with Crippen LogP contribution in [-0.2, 0) is 6.42 Å². The van der Waals surface area contributed by atoms with Gasteiger partial charge in [-0.3, -0.25) is 4.98 Å². The van der Waals surface area contributed by atoms with Crippen LogP contribution in [0.5, 0.6) is 0 Å². The first kappa shape index (κ1) is 13.6. The molecule has 2 N–H and O–H groups in total. The number of aromatic amines is 1. The molecule has 0 radical (unpaired) electrons. The average molecular weight is 318 g/mol. The van der Waals surface area contributed by atoms with Gasteiger partial charge in [0.25, 0.3) is 0 Å². The van der Waals surface area contributed by atoms with E-state index >= 15 is 0 Å². The van der Waals surface area contributed by atoms with Gasteiger partial charge < -0.3 is 10.3 Å². The number of hydrogen-bond donors (Lipinski definition) is 2. The molecule has 0 spiro atoms. The zero-order valence-electron chi connectivity index (χ0n) is 12.9. The fourth-order valence-electron chi connectivity index (χ4n) is 3.56. The van der Waals surface area contributed by atoms with Crippen molar-refractivity contribution in [3.05, 3.63) is 71.4 Å². The second kappa shape index (κ2) is 5.11. The molecule has 24 heavy (non-hydrogen) atoms. The lowest BCUT2D eigenvalue weighted by atomic mass is 9.97. The lowest BCUT2D eigenvalue weighted by Crippen LogP contribution is -2.31. The molecule has 1 atom stereocenters. The third-order valence-electron chi connectivity index (χ3n) is 4.68. The molecule has 4 nitrogen and oxygen atoms in total. The summed E-state index contributed by atoms with van der Waals surface area (Å²) in [6.45, 7) is 0.829. The van der Waals surface area contributed by atoms with Gasteiger partial charge in [-0.25, -0.2) is 9.37 Å². The minimum atomic E-state index is -0.204. The predicted molar refractivity (Wildman–Crippen MR) is 91.3 cm³/mol. The zero-order valence-corrected chi connectivity index (χ0v) is 12.9. The van der Waals surface area contributed by atoms with E-state index in [-0.39, 0.29) is 11.9 Å². The minimum absolute atomic E-state index is 0.0543. The standard InChI is InChI=1S/C19H15FN4/c20-11-5-6-14-13(9-11)12-7-8-21-19(18(12)24-14)17-10-22-15-3-1-2-4-16(15)23-17/h1-6,9-10,19,21,24H,7-8H2. The lowest BCUT2D eigenvalue weighted by Gasteiger charge is -2.24. The first-order valence-corrected chi connectivity index (χ1v) is 8.05. The Bertz CT molecular complexity index is 1070. The maximum atomic E-state index is 13.6. The van der Waals surface area contributed by atoms with E-state index < -0.39 is 0 Å². The van der Waals surface area contributed by atoms with Gasteiger partial charge in [0.1, 0.15) is 5.82 Å². The molecule has 118 valence electrons. The number of hydrogen-bond acceptors (Lipinski definition) is 3. The summed E-state index contributed by atoms with van der Waals surface area (Å²) in [6, 6.07) is 12.7. The van der Waals surface area contributed by atoms with E-state index in [0.717, 1.165) is 46.3 Å². The molecule has 5 rings (SSSR count). The van der Waals surface area contributed by atoms with Crippen LogP contribution in [0, 0.1) is 5.82 Å². The third-order valence-corrected chi connectivity index (χ3v) is 4.68. The summed E-state index contributed by atoms with van der Waals surface area (Å²) in [5, 5.41) is 4.47. The molecule has 0 aliphatic carbocycles. The highest BCUT2D eigenvalue weighted by molar-refractivity contribution is 5.85. The van der Waals surface area contributed by atoms with Gasteiger partial charge >= 0.3 is 0 Å². The Balaban J connectivity index is 1.69. The van der Waals surface area contributed by atoms with Gasteiger partial charge in [-0.15, -0.1) is 0 Å². The molecule has 0 bridgehead atoms. The fraction of sp³-hybridized carbons (Fsp3) is 0.158. The number of fused-ring (bicyclic) bond motifs is 4. The van der Waals surface area contributed by atoms with Crippen LogP contribution in [0.2, 0.25) is 0 Å². The maximum absolute atomic E-state index is 13.6. The van der Waals surface area contributed by atoms with Gasteiger partial charge in [0.2, 0.25) is 0 Å². The molecule has 0 fully saturated rings. The Labute approximate surface area is 137 Å². The van der Waals surface area contributed by atoms with Crippen molar-refractivity contribution < 1.29 is 4.39 Å². The van der Waals surface area contributed by atoms with Crippen molar-refractivity contribution in [3.8, 4) is 0 Å². The van der Waals surface area contributed by atoms with Crippen molar-refractivity contribution in [2.75, 3.05) is 6.54 Å². The highest BCUT2D eigenvalue weighted by Gasteiger charge is 2.26. The van der Waals surface area contributed by atoms with E-state index in [0.29, 0.717) is 0 Å². The smallest absolute Gasteiger partial charge is 0.123 e. The van der Waals surface area contributed by atoms with Crippen LogP contribution >= 0.6 is 0 Å². The second-order valence-corrected chi connectivity index (χ2v) is 6.13. The zero-order chi connectivity index (χ0) is 16.1. The number of halogens is 1. The van der Waals surface area contributed by atoms with E-state index in [1.54, 1.807) is 12.1 Å². The summed E-state index contributed by atoms with van der Waals surface area (Å²) in [7, 11) is 0. The Morgan fingerprint density at radius 3 is 2.88 bits per heavy atom. The summed E-state index contributed by atoms with van der Waals surface area (Å²) < 4.78 is 13.6. The van der Waals surface area contributed by atoms with Crippen molar-refractivity contribution in [3.63, 3.8) is 0 Å². The molecular formula is C19H15FN4. The lowest BCUT2D eigenvalue weighted by molar-refractivity contribution is 0.549. The first-order valence-electron chi connectivity index (χ1n) is 8.05. The van der Waals surface area contributed by atoms with Crippen LogP contribution in [0.1, 0.15) is 23.0 Å². The van der Waals surface area contributed by atoms with Gasteiger partial charge in [-0.2, -0.15) is 0 Å². The van der Waals surface area contributed by atoms with E-state index in [1.807, 2.05) is 30.5 Å². The highest BCUT2D eigenvalue weighted by atomic mass is 19.1. The largest absolute Gasteiger partial charge is 0.357 e. The summed E-state index contributed by atoms with van der Waals surface area (Å²) in [5.74, 6) is -0.204. The summed E-state index contributed by atoms with van der Waals surface area (Å²) in [4.78, 5) is 12.7. The van der Waals surface area contributed by atoms with Crippen molar-refractivity contribution in [2.24, 2.45) is 0 Å². The summed E-state index contributed by atoms with van der Waals surface area (Å²) in [5.41, 5.74) is 5.84. The van der Waals surface area contributed by atoms with Gasteiger partial charge in [-0.1, -0.05) is 12.1 Å². The Morgan fingerprint density at radius 2 is 1.96 bits per heavy atom. The molecule has 2 aromatic carbocycles. The van der Waals surface area contributed by atoms with Crippen LogP contribution in [0.15, 0.2) is 48.7 Å². The first-order chi connectivity index (χ1) is 11.8. The fourth-order valence-corrected chi connectivity index (χ4v) is 3.56. The van der Waals surface area contributed by atoms with E-state index in [4.69, 9.17) is 4.98 Å². The molecule has 3 heterocycles. The van der Waals surface area contributed by atoms with Crippen molar-refractivity contribution in [2.45, 2.75) is 12.5 Å². The number of para-hydroxylation sites is 2. The quantitative estimate of drug-likeness (QED) is 0.565. The Kier molecular flexibility index (Phi) is 2.90. The van der Waals surface area contributed by atoms with Crippen molar-refractivity contribution >= 4 is 21.9 Å². The van der Waals surface area contributed by atoms with Gasteiger partial charge in [0.15, 0.2) is 0 Å². The molecule has 2 aromatic heterocycles. The normalized spacial score (nSPS) is 17.3. The van der Waals surface area contributed by atoms with Crippen molar-refractivity contribution in [1.82, 2.24) is 20.3 Å². The monoisotopic (exact) mass is 318 g/mol. The van der Waals surface area contributed by atoms with Gasteiger partial charge in [-0.05, 0) is 42.3 Å². The average Bonchev–Trinajstić information content (AvgIpc) is 2.99. The van der Waals surface area contributed by atoms with Crippen LogP contribution < -0.4 is 5.32 Å². The number of rotatable bonds is 1. The number of nitrogens with one attached hydrogen (secondary N) is 2. The van der Waals surface area contributed by atoms with E-state index in [2.05, 4.69) is 15.3 Å². The van der Waals surface area contributed by atoms with Gasteiger partial charge in [0.05, 0.1) is 29.0 Å². The Hall–Kier alpha value is -2.79. The second-order valence-electron chi connectivity index (χ2n) is 6.13. The van der Waals surface area contributed by atoms with Crippen molar-refractivity contribution in [1.29, 1.82) is 0 Å². The SMILES string of the molecule is Fc1ccc2[nH]c3c(c2c1)CCNC3c1cnc2ccccc2n1. The minimum Gasteiger partial charge on any atom is -0.357 e. The number of H-pyrrole nitrogens is 1. The number of aromatic nitrogens is 3. The van der Waals surface area contributed by atoms with Crippen LogP contribution in [0.3, 0.4) is 0 Å². The molecule has 0 saturated heterocycles. The number of benzene rings is 2. The molecule has 4 aromatic rings. The number of nitrogens with zero attached hydrogens (tertiary/aromatic N) is 2. The third kappa shape index (κ3) is 2.02. The predicted octanol–water partition coefficient (Wildman–Crippen LogP) is 3.49.